The van der Waals surface area contributed by atoms with E-state index in [4.69, 9.17) is 9.47 Å². The maximum Gasteiger partial charge on any atom is 0.220 e. The molecule has 2 aliphatic rings. The van der Waals surface area contributed by atoms with Gasteiger partial charge in [0.1, 0.15) is 5.82 Å². The van der Waals surface area contributed by atoms with Crippen molar-refractivity contribution >= 4 is 11.7 Å². The highest BCUT2D eigenvalue weighted by atomic mass is 16.5. The molecular weight excluding hydrogens is 318 g/mol. The first-order chi connectivity index (χ1) is 12.1. The standard InChI is InChI=1S/C19H29N3O3/c1-14-12-22(13-15(2)25-14)18-7-5-16(10-20-18)11-21-19(23)8-6-17-4-3-9-24-17/h5,7,10,14-15,17H,3-4,6,8-9,11-13H2,1-2H3,(H,21,23). The maximum atomic E-state index is 12.0. The monoisotopic (exact) mass is 347 g/mol. The third-order valence-electron chi connectivity index (χ3n) is 4.76. The molecule has 0 aromatic carbocycles. The number of carbonyl (C=O) groups is 1. The maximum absolute atomic E-state index is 12.0. The van der Waals surface area contributed by atoms with Crippen LogP contribution in [0.1, 0.15) is 45.1 Å². The van der Waals surface area contributed by atoms with Crippen molar-refractivity contribution < 1.29 is 14.3 Å². The number of anilines is 1. The number of morpholine rings is 1. The molecule has 2 aliphatic heterocycles. The Balaban J connectivity index is 1.43. The van der Waals surface area contributed by atoms with Gasteiger partial charge in [0.25, 0.3) is 0 Å². The average molecular weight is 347 g/mol. The van der Waals surface area contributed by atoms with E-state index in [0.29, 0.717) is 13.0 Å². The Labute approximate surface area is 149 Å². The molecule has 3 unspecified atom stereocenters. The first kappa shape index (κ1) is 18.1. The summed E-state index contributed by atoms with van der Waals surface area (Å²) in [5, 5.41) is 2.97. The van der Waals surface area contributed by atoms with Crippen LogP contribution < -0.4 is 10.2 Å². The zero-order valence-corrected chi connectivity index (χ0v) is 15.2. The Bertz CT molecular complexity index is 548. The lowest BCUT2D eigenvalue weighted by Gasteiger charge is -2.36. The Kier molecular flexibility index (Phi) is 6.26. The summed E-state index contributed by atoms with van der Waals surface area (Å²) in [6.45, 7) is 7.25. The zero-order valence-electron chi connectivity index (χ0n) is 15.2. The van der Waals surface area contributed by atoms with Gasteiger partial charge in [-0.15, -0.1) is 0 Å². The van der Waals surface area contributed by atoms with Crippen LogP contribution in [0, 0.1) is 0 Å². The molecule has 2 saturated heterocycles. The Morgan fingerprint density at radius 3 is 2.76 bits per heavy atom. The molecule has 25 heavy (non-hydrogen) atoms. The molecule has 2 fully saturated rings. The highest BCUT2D eigenvalue weighted by Gasteiger charge is 2.23. The number of pyridine rings is 1. The molecule has 0 spiro atoms. The van der Waals surface area contributed by atoms with Crippen LogP contribution in [0.25, 0.3) is 0 Å². The summed E-state index contributed by atoms with van der Waals surface area (Å²) < 4.78 is 11.3. The first-order valence-electron chi connectivity index (χ1n) is 9.34. The summed E-state index contributed by atoms with van der Waals surface area (Å²) in [4.78, 5) is 18.8. The van der Waals surface area contributed by atoms with E-state index in [-0.39, 0.29) is 24.2 Å². The highest BCUT2D eigenvalue weighted by molar-refractivity contribution is 5.75. The molecule has 3 atom stereocenters. The molecule has 1 amide bonds. The second-order valence-electron chi connectivity index (χ2n) is 7.14. The molecule has 0 aliphatic carbocycles. The van der Waals surface area contributed by atoms with Gasteiger partial charge in [0.2, 0.25) is 5.91 Å². The molecule has 138 valence electrons. The number of rotatable bonds is 6. The van der Waals surface area contributed by atoms with Gasteiger partial charge < -0.3 is 19.7 Å². The summed E-state index contributed by atoms with van der Waals surface area (Å²) in [5.74, 6) is 1.05. The zero-order chi connectivity index (χ0) is 17.6. The number of nitrogens with one attached hydrogen (secondary N) is 1. The number of amides is 1. The average Bonchev–Trinajstić information content (AvgIpc) is 3.11. The Morgan fingerprint density at radius 2 is 2.12 bits per heavy atom. The molecule has 1 N–H and O–H groups in total. The van der Waals surface area contributed by atoms with Crippen molar-refractivity contribution in [3.8, 4) is 0 Å². The Hall–Kier alpha value is -1.66. The molecule has 1 aromatic rings. The SMILES string of the molecule is CC1CN(c2ccc(CNC(=O)CCC3CCCO3)cn2)CC(C)O1. The molecular formula is C19H29N3O3. The van der Waals surface area contributed by atoms with Gasteiger partial charge in [-0.05, 0) is 44.7 Å². The van der Waals surface area contributed by atoms with Crippen LogP contribution in [0.3, 0.4) is 0 Å². The second-order valence-corrected chi connectivity index (χ2v) is 7.14. The van der Waals surface area contributed by atoms with E-state index in [1.165, 1.54) is 0 Å². The van der Waals surface area contributed by atoms with Crippen LogP contribution in [0.4, 0.5) is 5.82 Å². The lowest BCUT2D eigenvalue weighted by atomic mass is 10.1. The van der Waals surface area contributed by atoms with E-state index in [1.54, 1.807) is 0 Å². The van der Waals surface area contributed by atoms with E-state index in [2.05, 4.69) is 29.0 Å². The molecule has 3 heterocycles. The highest BCUT2D eigenvalue weighted by Crippen LogP contribution is 2.19. The molecule has 0 radical (unpaired) electrons. The minimum Gasteiger partial charge on any atom is -0.378 e. The van der Waals surface area contributed by atoms with Crippen molar-refractivity contribution in [1.29, 1.82) is 0 Å². The summed E-state index contributed by atoms with van der Waals surface area (Å²) in [6, 6.07) is 4.06. The molecule has 6 heteroatoms. The summed E-state index contributed by atoms with van der Waals surface area (Å²) in [6.07, 6.45) is 6.09. The third kappa shape index (κ3) is 5.41. The molecule has 3 rings (SSSR count). The smallest absolute Gasteiger partial charge is 0.220 e. The van der Waals surface area contributed by atoms with Gasteiger partial charge in [-0.25, -0.2) is 4.98 Å². The van der Waals surface area contributed by atoms with Crippen LogP contribution in [0.5, 0.6) is 0 Å². The van der Waals surface area contributed by atoms with Gasteiger partial charge in [-0.1, -0.05) is 6.07 Å². The van der Waals surface area contributed by atoms with Crippen molar-refractivity contribution in [1.82, 2.24) is 10.3 Å². The number of hydrogen-bond acceptors (Lipinski definition) is 5. The van der Waals surface area contributed by atoms with Gasteiger partial charge in [0.15, 0.2) is 0 Å². The molecule has 0 saturated carbocycles. The van der Waals surface area contributed by atoms with E-state index in [9.17, 15) is 4.79 Å². The van der Waals surface area contributed by atoms with Crippen molar-refractivity contribution in [3.63, 3.8) is 0 Å². The van der Waals surface area contributed by atoms with Crippen LogP contribution >= 0.6 is 0 Å². The summed E-state index contributed by atoms with van der Waals surface area (Å²) in [5.41, 5.74) is 1.02. The quantitative estimate of drug-likeness (QED) is 0.855. The molecule has 0 bridgehead atoms. The lowest BCUT2D eigenvalue weighted by molar-refractivity contribution is -0.121. The number of ether oxygens (including phenoxy) is 2. The van der Waals surface area contributed by atoms with Crippen LogP contribution in [-0.2, 0) is 20.8 Å². The van der Waals surface area contributed by atoms with Gasteiger partial charge in [0, 0.05) is 38.9 Å². The van der Waals surface area contributed by atoms with E-state index < -0.39 is 0 Å². The minimum atomic E-state index is 0.0791. The van der Waals surface area contributed by atoms with Gasteiger partial charge >= 0.3 is 0 Å². The van der Waals surface area contributed by atoms with E-state index >= 15 is 0 Å². The largest absolute Gasteiger partial charge is 0.378 e. The Morgan fingerprint density at radius 1 is 1.32 bits per heavy atom. The fourth-order valence-corrected chi connectivity index (χ4v) is 3.53. The molecule has 6 nitrogen and oxygen atoms in total. The van der Waals surface area contributed by atoms with Crippen molar-refractivity contribution in [2.45, 2.75) is 64.4 Å². The van der Waals surface area contributed by atoms with Gasteiger partial charge in [0.05, 0.1) is 18.3 Å². The first-order valence-corrected chi connectivity index (χ1v) is 9.34. The second kappa shape index (κ2) is 8.63. The summed E-state index contributed by atoms with van der Waals surface area (Å²) >= 11 is 0. The van der Waals surface area contributed by atoms with Crippen LogP contribution in [-0.4, -0.2) is 48.9 Å². The number of carbonyl (C=O) groups excluding carboxylic acids is 1. The van der Waals surface area contributed by atoms with Gasteiger partial charge in [-0.3, -0.25) is 4.79 Å². The fraction of sp³-hybridized carbons (Fsp3) is 0.684. The molecule has 1 aromatic heterocycles. The predicted octanol–water partition coefficient (Wildman–Crippen LogP) is 2.27. The van der Waals surface area contributed by atoms with Crippen LogP contribution in [0.2, 0.25) is 0 Å². The minimum absolute atomic E-state index is 0.0791. The van der Waals surface area contributed by atoms with Crippen LogP contribution in [0.15, 0.2) is 18.3 Å². The third-order valence-corrected chi connectivity index (χ3v) is 4.76. The number of aromatic nitrogens is 1. The predicted molar refractivity (Wildman–Crippen MR) is 96.5 cm³/mol. The normalized spacial score (nSPS) is 26.6. The fourth-order valence-electron chi connectivity index (χ4n) is 3.53. The number of nitrogens with zero attached hydrogens (tertiary/aromatic N) is 2. The van der Waals surface area contributed by atoms with Gasteiger partial charge in [-0.2, -0.15) is 0 Å². The van der Waals surface area contributed by atoms with E-state index in [1.807, 2.05) is 18.3 Å². The topological polar surface area (TPSA) is 63.7 Å². The number of hydrogen-bond donors (Lipinski definition) is 1. The summed E-state index contributed by atoms with van der Waals surface area (Å²) in [7, 11) is 0. The van der Waals surface area contributed by atoms with Crippen molar-refractivity contribution in [2.75, 3.05) is 24.6 Å². The van der Waals surface area contributed by atoms with E-state index in [0.717, 1.165) is 50.3 Å². The van der Waals surface area contributed by atoms with Crippen molar-refractivity contribution in [3.05, 3.63) is 23.9 Å². The lowest BCUT2D eigenvalue weighted by Crippen LogP contribution is -2.45. The van der Waals surface area contributed by atoms with Crippen molar-refractivity contribution in [2.24, 2.45) is 0 Å².